The topological polar surface area (TPSA) is 183 Å². The first-order valence-electron chi connectivity index (χ1n) is 7.55. The van der Waals surface area contributed by atoms with Gasteiger partial charge in [-0.05, 0) is 19.3 Å². The van der Waals surface area contributed by atoms with Crippen molar-refractivity contribution in [2.45, 2.75) is 49.1 Å². The van der Waals surface area contributed by atoms with Crippen molar-refractivity contribution in [3.63, 3.8) is 0 Å². The molecule has 1 rings (SSSR count). The van der Waals surface area contributed by atoms with Crippen molar-refractivity contribution >= 4 is 38.0 Å². The summed E-state index contributed by atoms with van der Waals surface area (Å²) in [6.07, 6.45) is -3.09. The number of oxime groups is 1. The van der Waals surface area contributed by atoms with Gasteiger partial charge in [0.1, 0.15) is 34.9 Å². The van der Waals surface area contributed by atoms with E-state index in [1.54, 1.807) is 6.26 Å². The number of aliphatic hydroxyl groups is 4. The Kier molecular flexibility index (Phi) is 9.92. The maximum Gasteiger partial charge on any atom is 0.466 e. The minimum Gasteiger partial charge on any atom is -0.394 e. The minimum absolute atomic E-state index is 0.0221. The molecule has 0 saturated carbocycles. The Bertz CT molecular complexity index is 596. The molecule has 0 aromatic rings. The molecule has 11 nitrogen and oxygen atoms in total. The zero-order valence-electron chi connectivity index (χ0n) is 13.9. The minimum atomic E-state index is -4.83. The van der Waals surface area contributed by atoms with Gasteiger partial charge < -0.3 is 25.2 Å². The van der Waals surface area contributed by atoms with Gasteiger partial charge in [0.2, 0.25) is 0 Å². The fraction of sp³-hybridized carbons (Fsp3) is 0.917. The quantitative estimate of drug-likeness (QED) is 0.0901. The lowest BCUT2D eigenvalue weighted by Gasteiger charge is -2.39. The van der Waals surface area contributed by atoms with Crippen molar-refractivity contribution in [1.82, 2.24) is 0 Å². The predicted molar refractivity (Wildman–Crippen MR) is 94.2 cm³/mol. The number of thioether (sulfide) groups is 1. The number of unbranched alkanes of at least 4 members (excludes halogenated alkanes) is 1. The smallest absolute Gasteiger partial charge is 0.394 e. The molecule has 154 valence electrons. The van der Waals surface area contributed by atoms with E-state index in [0.717, 1.165) is 11.8 Å². The monoisotopic (exact) mass is 437 g/mol. The summed E-state index contributed by atoms with van der Waals surface area (Å²) in [4.78, 5) is 0. The van der Waals surface area contributed by atoms with Gasteiger partial charge in [-0.1, -0.05) is 16.9 Å². The molecule has 0 radical (unpaired) electrons. The van der Waals surface area contributed by atoms with Gasteiger partial charge in [0.05, 0.1) is 6.61 Å². The largest absolute Gasteiger partial charge is 0.466 e. The van der Waals surface area contributed by atoms with Crippen LogP contribution < -0.4 is 0 Å². The second kappa shape index (κ2) is 10.9. The number of ether oxygens (including phenoxy) is 1. The molecule has 0 aromatic carbocycles. The third kappa shape index (κ3) is 8.14. The van der Waals surface area contributed by atoms with Crippen LogP contribution in [0.15, 0.2) is 5.16 Å². The van der Waals surface area contributed by atoms with Crippen molar-refractivity contribution in [1.29, 1.82) is 0 Å². The van der Waals surface area contributed by atoms with Crippen LogP contribution in [0.25, 0.3) is 0 Å². The number of hydrogen-bond donors (Lipinski definition) is 5. The van der Waals surface area contributed by atoms with Gasteiger partial charge in [0, 0.05) is 22.8 Å². The van der Waals surface area contributed by atoms with E-state index in [4.69, 9.17) is 14.4 Å². The highest BCUT2D eigenvalue weighted by molar-refractivity contribution is 8.14. The fourth-order valence-electron chi connectivity index (χ4n) is 2.10. The SMILES string of the molecule is C[S@@](=O)CCCC/C(=N/OS(=O)(=O)O)S[C@H]1O[C@@H](CO)[C@H](O)[C@@H](O)[C@H]1O. The van der Waals surface area contributed by atoms with Gasteiger partial charge in [-0.15, -0.1) is 0 Å². The second-order valence-electron chi connectivity index (χ2n) is 5.54. The Balaban J connectivity index is 2.80. The van der Waals surface area contributed by atoms with E-state index < -0.39 is 57.7 Å². The molecule has 14 heteroatoms. The molecule has 0 spiro atoms. The molecule has 0 aromatic heterocycles. The van der Waals surface area contributed by atoms with Crippen LogP contribution in [0.5, 0.6) is 0 Å². The van der Waals surface area contributed by atoms with Crippen LogP contribution in [0.2, 0.25) is 0 Å². The van der Waals surface area contributed by atoms with E-state index in [9.17, 15) is 27.9 Å². The van der Waals surface area contributed by atoms with E-state index in [-0.39, 0.29) is 11.5 Å². The fourth-order valence-corrected chi connectivity index (χ4v) is 4.05. The predicted octanol–water partition coefficient (Wildman–Crippen LogP) is -1.80. The molecular formula is C12H23NO10S3. The van der Waals surface area contributed by atoms with Crippen LogP contribution in [0.3, 0.4) is 0 Å². The van der Waals surface area contributed by atoms with Crippen molar-refractivity contribution in [3.05, 3.63) is 0 Å². The molecule has 1 saturated heterocycles. The lowest BCUT2D eigenvalue weighted by molar-refractivity contribution is -0.205. The molecule has 1 aliphatic rings. The van der Waals surface area contributed by atoms with Crippen molar-refractivity contribution in [2.75, 3.05) is 18.6 Å². The molecular weight excluding hydrogens is 414 g/mol. The lowest BCUT2D eigenvalue weighted by atomic mass is 10.0. The van der Waals surface area contributed by atoms with E-state index in [1.165, 1.54) is 0 Å². The molecule has 6 atom stereocenters. The summed E-state index contributed by atoms with van der Waals surface area (Å²) in [5.74, 6) is 0.428. The molecule has 1 fully saturated rings. The first-order valence-corrected chi connectivity index (χ1v) is 11.5. The molecule has 0 aliphatic carbocycles. The normalized spacial score (nSPS) is 31.6. The van der Waals surface area contributed by atoms with Crippen LogP contribution in [0.4, 0.5) is 0 Å². The van der Waals surface area contributed by atoms with Gasteiger partial charge in [-0.2, -0.15) is 8.42 Å². The second-order valence-corrected chi connectivity index (χ2v) is 9.27. The molecule has 1 heterocycles. The average Bonchev–Trinajstić information content (AvgIpc) is 2.55. The molecule has 0 bridgehead atoms. The molecule has 0 amide bonds. The molecule has 5 N–H and O–H groups in total. The Morgan fingerprint density at radius 3 is 2.42 bits per heavy atom. The number of hydrogen-bond acceptors (Lipinski definition) is 11. The van der Waals surface area contributed by atoms with E-state index >= 15 is 0 Å². The highest BCUT2D eigenvalue weighted by Crippen LogP contribution is 2.30. The Morgan fingerprint density at radius 2 is 1.88 bits per heavy atom. The third-order valence-corrected chi connectivity index (χ3v) is 5.71. The van der Waals surface area contributed by atoms with E-state index in [0.29, 0.717) is 18.6 Å². The van der Waals surface area contributed by atoms with E-state index in [2.05, 4.69) is 9.44 Å². The summed E-state index contributed by atoms with van der Waals surface area (Å²) in [5, 5.41) is 42.0. The van der Waals surface area contributed by atoms with Crippen LogP contribution in [0, 0.1) is 0 Å². The van der Waals surface area contributed by atoms with Gasteiger partial charge in [0.25, 0.3) is 0 Å². The van der Waals surface area contributed by atoms with E-state index in [1.807, 2.05) is 0 Å². The highest BCUT2D eigenvalue weighted by atomic mass is 32.3. The van der Waals surface area contributed by atoms with Crippen molar-refractivity contribution in [2.24, 2.45) is 5.16 Å². The summed E-state index contributed by atoms with van der Waals surface area (Å²) < 4.78 is 50.4. The van der Waals surface area contributed by atoms with Crippen molar-refractivity contribution in [3.8, 4) is 0 Å². The van der Waals surface area contributed by atoms with Crippen LogP contribution >= 0.6 is 11.8 Å². The summed E-state index contributed by atoms with van der Waals surface area (Å²) >= 11 is 0.717. The maximum atomic E-state index is 11.1. The summed E-state index contributed by atoms with van der Waals surface area (Å²) in [7, 11) is -5.83. The Morgan fingerprint density at radius 1 is 1.23 bits per heavy atom. The van der Waals surface area contributed by atoms with Crippen LogP contribution in [0.1, 0.15) is 19.3 Å². The molecule has 0 unspecified atom stereocenters. The number of aliphatic hydroxyl groups excluding tert-OH is 4. The first kappa shape index (κ1) is 23.7. The first-order chi connectivity index (χ1) is 12.0. The highest BCUT2D eigenvalue weighted by Gasteiger charge is 2.44. The third-order valence-electron chi connectivity index (χ3n) is 3.41. The van der Waals surface area contributed by atoms with Crippen LogP contribution in [-0.2, 0) is 30.2 Å². The molecule has 1 aliphatic heterocycles. The zero-order chi connectivity index (χ0) is 19.9. The summed E-state index contributed by atoms with van der Waals surface area (Å²) in [6.45, 7) is -0.613. The average molecular weight is 438 g/mol. The van der Waals surface area contributed by atoms with Gasteiger partial charge in [-0.25, -0.2) is 4.28 Å². The summed E-state index contributed by atoms with van der Waals surface area (Å²) in [6, 6.07) is 0. The number of rotatable bonds is 9. The standard InChI is InChI=1S/C12H23NO10S3/c1-25(18)5-3-2-4-8(13-23-26(19,20)21)24-12-11(17)10(16)9(15)7(6-14)22-12/h7,9-12,14-17H,2-6H2,1H3,(H,19,20,21)/b13-8-/t7-,9-,10+,11+,12+,25+/m0/s1. The maximum absolute atomic E-state index is 11.1. The lowest BCUT2D eigenvalue weighted by Crippen LogP contribution is -2.57. The van der Waals surface area contributed by atoms with Gasteiger partial charge in [0.15, 0.2) is 0 Å². The number of nitrogens with zero attached hydrogens (tertiary/aromatic N) is 1. The molecule has 26 heavy (non-hydrogen) atoms. The summed E-state index contributed by atoms with van der Waals surface area (Å²) in [5.41, 5.74) is -1.17. The Labute approximate surface area is 157 Å². The van der Waals surface area contributed by atoms with Crippen LogP contribution in [-0.4, -0.2) is 91.1 Å². The van der Waals surface area contributed by atoms with Gasteiger partial charge >= 0.3 is 10.4 Å². The van der Waals surface area contributed by atoms with Gasteiger partial charge in [-0.3, -0.25) is 8.76 Å². The zero-order valence-corrected chi connectivity index (χ0v) is 16.3. The Hall–Kier alpha value is -0.320. The van der Waals surface area contributed by atoms with Crippen molar-refractivity contribution < 1.29 is 46.6 Å².